The molecule has 1 saturated carbocycles. The number of carbonyl (C=O) groups is 1. The van der Waals surface area contributed by atoms with Crippen molar-refractivity contribution < 1.29 is 9.53 Å². The Morgan fingerprint density at radius 3 is 2.78 bits per heavy atom. The van der Waals surface area contributed by atoms with Crippen LogP contribution >= 0.6 is 0 Å². The van der Waals surface area contributed by atoms with E-state index < -0.39 is 0 Å². The van der Waals surface area contributed by atoms with Crippen molar-refractivity contribution in [3.8, 4) is 0 Å². The number of aryl methyl sites for hydroxylation is 1. The van der Waals surface area contributed by atoms with E-state index in [2.05, 4.69) is 22.9 Å². The van der Waals surface area contributed by atoms with Gasteiger partial charge in [0.1, 0.15) is 11.9 Å². The van der Waals surface area contributed by atoms with E-state index in [1.165, 1.54) is 19.3 Å². The maximum absolute atomic E-state index is 13.0. The molecule has 1 amide bonds. The number of anilines is 2. The molecule has 7 heteroatoms. The number of ether oxygens (including phenoxy) is 1. The van der Waals surface area contributed by atoms with Gasteiger partial charge in [0.15, 0.2) is 0 Å². The van der Waals surface area contributed by atoms with Crippen LogP contribution in [0.15, 0.2) is 42.5 Å². The van der Waals surface area contributed by atoms with Gasteiger partial charge >= 0.3 is 0 Å². The Morgan fingerprint density at radius 2 is 1.94 bits per heavy atom. The average Bonchev–Trinajstić information content (AvgIpc) is 3.21. The number of fused-ring (bicyclic) bond motifs is 1. The normalized spacial score (nSPS) is 19.9. The first-order valence-corrected chi connectivity index (χ1v) is 11.8. The minimum atomic E-state index is -0.206. The number of carbonyl (C=O) groups excluding carboxylic acids is 1. The monoisotopic (exact) mass is 433 g/mol. The van der Waals surface area contributed by atoms with E-state index >= 15 is 0 Å². The molecule has 2 aliphatic rings. The number of morpholine rings is 1. The fourth-order valence-corrected chi connectivity index (χ4v) is 4.94. The zero-order chi connectivity index (χ0) is 21.9. The summed E-state index contributed by atoms with van der Waals surface area (Å²) >= 11 is 0. The van der Waals surface area contributed by atoms with Crippen LogP contribution < -0.4 is 5.32 Å². The summed E-state index contributed by atoms with van der Waals surface area (Å²) in [6.07, 6.45) is 5.44. The standard InChI is InChI=1S/C25H31N5O2/c1-2-30-21-13-7-6-11-19(21)27-25(30)28-23-14-8-12-20(26-23)22-17-29(15-16-32-22)24(31)18-9-4-3-5-10-18/h6-8,11-14,18,22H,2-5,9-10,15-17H2,1H3,(H,26,27,28)/t22-/m0/s1. The molecule has 7 nitrogen and oxygen atoms in total. The smallest absolute Gasteiger partial charge is 0.225 e. The number of hydrogen-bond donors (Lipinski definition) is 1. The van der Waals surface area contributed by atoms with Gasteiger partial charge in [-0.1, -0.05) is 37.5 Å². The van der Waals surface area contributed by atoms with Gasteiger partial charge in [-0.3, -0.25) is 4.79 Å². The van der Waals surface area contributed by atoms with E-state index in [1.807, 2.05) is 41.3 Å². The van der Waals surface area contributed by atoms with Crippen LogP contribution in [0.1, 0.15) is 50.8 Å². The van der Waals surface area contributed by atoms with E-state index in [0.29, 0.717) is 25.6 Å². The Kier molecular flexibility index (Phi) is 6.08. The molecule has 2 aromatic heterocycles. The van der Waals surface area contributed by atoms with Crippen LogP contribution in [0, 0.1) is 5.92 Å². The SMILES string of the molecule is CCn1c(Nc2cccc([C@@H]3CN(C(=O)C4CCCCC4)CCO3)n2)nc2ccccc21. The Labute approximate surface area is 188 Å². The quantitative estimate of drug-likeness (QED) is 0.633. The Balaban J connectivity index is 1.32. The van der Waals surface area contributed by atoms with E-state index in [0.717, 1.165) is 47.9 Å². The van der Waals surface area contributed by atoms with Gasteiger partial charge in [0.2, 0.25) is 11.9 Å². The molecule has 1 saturated heterocycles. The second kappa shape index (κ2) is 9.28. The zero-order valence-electron chi connectivity index (χ0n) is 18.7. The average molecular weight is 434 g/mol. The maximum Gasteiger partial charge on any atom is 0.225 e. The van der Waals surface area contributed by atoms with Crippen LogP contribution in [0.3, 0.4) is 0 Å². The molecule has 2 fully saturated rings. The van der Waals surface area contributed by atoms with Gasteiger partial charge in [-0.15, -0.1) is 0 Å². The van der Waals surface area contributed by atoms with E-state index in [-0.39, 0.29) is 12.0 Å². The highest BCUT2D eigenvalue weighted by molar-refractivity contribution is 5.80. The number of para-hydroxylation sites is 2. The fourth-order valence-electron chi connectivity index (χ4n) is 4.94. The Hall–Kier alpha value is -2.93. The highest BCUT2D eigenvalue weighted by Crippen LogP contribution is 2.29. The third-order valence-electron chi connectivity index (χ3n) is 6.64. The van der Waals surface area contributed by atoms with Gasteiger partial charge in [-0.25, -0.2) is 9.97 Å². The zero-order valence-corrected chi connectivity index (χ0v) is 18.7. The van der Waals surface area contributed by atoms with Gasteiger partial charge in [0.05, 0.1) is 29.9 Å². The second-order valence-electron chi connectivity index (χ2n) is 8.72. The van der Waals surface area contributed by atoms with Gasteiger partial charge in [0.25, 0.3) is 0 Å². The molecule has 5 rings (SSSR count). The van der Waals surface area contributed by atoms with Crippen molar-refractivity contribution in [3.63, 3.8) is 0 Å². The summed E-state index contributed by atoms with van der Waals surface area (Å²) < 4.78 is 8.17. The first-order chi connectivity index (χ1) is 15.7. The molecular weight excluding hydrogens is 402 g/mol. The van der Waals surface area contributed by atoms with Gasteiger partial charge in [0, 0.05) is 19.0 Å². The summed E-state index contributed by atoms with van der Waals surface area (Å²) in [5, 5.41) is 3.38. The molecule has 3 heterocycles. The number of hydrogen-bond acceptors (Lipinski definition) is 5. The highest BCUT2D eigenvalue weighted by atomic mass is 16.5. The number of aromatic nitrogens is 3. The third kappa shape index (κ3) is 4.21. The van der Waals surface area contributed by atoms with Crippen LogP contribution in [-0.4, -0.2) is 45.0 Å². The number of rotatable bonds is 5. The molecule has 3 aromatic rings. The Bertz CT molecular complexity index is 1090. The van der Waals surface area contributed by atoms with Crippen molar-refractivity contribution in [3.05, 3.63) is 48.2 Å². The maximum atomic E-state index is 13.0. The predicted molar refractivity (Wildman–Crippen MR) is 125 cm³/mol. The number of nitrogens with one attached hydrogen (secondary N) is 1. The minimum Gasteiger partial charge on any atom is -0.368 e. The van der Waals surface area contributed by atoms with Crippen LogP contribution in [0.25, 0.3) is 11.0 Å². The number of nitrogens with zero attached hydrogens (tertiary/aromatic N) is 4. The van der Waals surface area contributed by atoms with Crippen LogP contribution in [0.4, 0.5) is 11.8 Å². The third-order valence-corrected chi connectivity index (χ3v) is 6.64. The topological polar surface area (TPSA) is 72.3 Å². The van der Waals surface area contributed by atoms with Crippen molar-refractivity contribution in [2.45, 2.75) is 51.7 Å². The van der Waals surface area contributed by atoms with Crippen molar-refractivity contribution >= 4 is 28.7 Å². The van der Waals surface area contributed by atoms with E-state index in [9.17, 15) is 4.79 Å². The van der Waals surface area contributed by atoms with Crippen LogP contribution in [0.5, 0.6) is 0 Å². The highest BCUT2D eigenvalue weighted by Gasteiger charge is 2.31. The van der Waals surface area contributed by atoms with Crippen LogP contribution in [0.2, 0.25) is 0 Å². The van der Waals surface area contributed by atoms with Crippen molar-refractivity contribution in [1.29, 1.82) is 0 Å². The molecule has 168 valence electrons. The van der Waals surface area contributed by atoms with Crippen LogP contribution in [-0.2, 0) is 16.1 Å². The number of pyridine rings is 1. The lowest BCUT2D eigenvalue weighted by molar-refractivity contribution is -0.144. The molecule has 1 aliphatic heterocycles. The molecule has 1 N–H and O–H groups in total. The Morgan fingerprint density at radius 1 is 1.09 bits per heavy atom. The lowest BCUT2D eigenvalue weighted by Crippen LogP contribution is -2.45. The predicted octanol–water partition coefficient (Wildman–Crippen LogP) is 4.68. The van der Waals surface area contributed by atoms with Gasteiger partial charge in [-0.2, -0.15) is 0 Å². The summed E-state index contributed by atoms with van der Waals surface area (Å²) in [4.78, 5) is 24.6. The van der Waals surface area contributed by atoms with Crippen molar-refractivity contribution in [1.82, 2.24) is 19.4 Å². The lowest BCUT2D eigenvalue weighted by Gasteiger charge is -2.35. The molecule has 0 spiro atoms. The minimum absolute atomic E-state index is 0.186. The molecular formula is C25H31N5O2. The van der Waals surface area contributed by atoms with E-state index in [4.69, 9.17) is 14.7 Å². The summed E-state index contributed by atoms with van der Waals surface area (Å²) in [6, 6.07) is 14.0. The summed E-state index contributed by atoms with van der Waals surface area (Å²) in [5.41, 5.74) is 2.90. The largest absolute Gasteiger partial charge is 0.368 e. The van der Waals surface area contributed by atoms with E-state index in [1.54, 1.807) is 0 Å². The number of imidazole rings is 1. The summed E-state index contributed by atoms with van der Waals surface area (Å²) in [5.74, 6) is 1.98. The molecule has 32 heavy (non-hydrogen) atoms. The molecule has 0 radical (unpaired) electrons. The molecule has 1 aliphatic carbocycles. The molecule has 0 bridgehead atoms. The molecule has 0 unspecified atom stereocenters. The van der Waals surface area contributed by atoms with Gasteiger partial charge < -0.3 is 19.5 Å². The molecule has 1 atom stereocenters. The number of benzene rings is 1. The summed E-state index contributed by atoms with van der Waals surface area (Å²) in [7, 11) is 0. The van der Waals surface area contributed by atoms with Crippen molar-refractivity contribution in [2.75, 3.05) is 25.0 Å². The molecule has 1 aromatic carbocycles. The fraction of sp³-hybridized carbons (Fsp3) is 0.480. The number of amides is 1. The second-order valence-corrected chi connectivity index (χ2v) is 8.72. The first kappa shape index (κ1) is 20.9. The summed E-state index contributed by atoms with van der Waals surface area (Å²) in [6.45, 7) is 4.71. The lowest BCUT2D eigenvalue weighted by atomic mass is 9.88. The first-order valence-electron chi connectivity index (χ1n) is 11.8. The van der Waals surface area contributed by atoms with Crippen molar-refractivity contribution in [2.24, 2.45) is 5.92 Å². The van der Waals surface area contributed by atoms with Gasteiger partial charge in [-0.05, 0) is 44.0 Å².